The zero-order chi connectivity index (χ0) is 16.2. The molecule has 2 aromatic carbocycles. The summed E-state index contributed by atoms with van der Waals surface area (Å²) in [6.07, 6.45) is 1.47. The third kappa shape index (κ3) is 3.54. The van der Waals surface area contributed by atoms with Gasteiger partial charge in [-0.15, -0.1) is 0 Å². The normalized spacial score (nSPS) is 14.1. The Bertz CT molecular complexity index is 727. The highest BCUT2D eigenvalue weighted by atomic mass is 35.5. The largest absolute Gasteiger partial charge is 0.484 e. The summed E-state index contributed by atoms with van der Waals surface area (Å²) >= 11 is 5.99. The van der Waals surface area contributed by atoms with Gasteiger partial charge in [0.25, 0.3) is 0 Å². The lowest BCUT2D eigenvalue weighted by atomic mass is 10.1. The Balaban J connectivity index is 1.64. The third-order valence-corrected chi connectivity index (χ3v) is 4.08. The molecule has 0 saturated carbocycles. The summed E-state index contributed by atoms with van der Waals surface area (Å²) in [5.74, 6) is 0.483. The second-order valence-electron chi connectivity index (χ2n) is 5.34. The van der Waals surface area contributed by atoms with Crippen LogP contribution in [0.5, 0.6) is 5.75 Å². The molecule has 0 bridgehead atoms. The summed E-state index contributed by atoms with van der Waals surface area (Å²) in [5.41, 5.74) is 1.38. The van der Waals surface area contributed by atoms with Crippen LogP contribution in [0.4, 0.5) is 5.69 Å². The van der Waals surface area contributed by atoms with Gasteiger partial charge in [-0.05, 0) is 42.8 Å². The Morgan fingerprint density at radius 3 is 2.52 bits per heavy atom. The SMILES string of the molecule is O=C(COc1ccccc1Cl)c1ccc(N2CCCC2=O)cc1. The van der Waals surface area contributed by atoms with Gasteiger partial charge in [0.2, 0.25) is 5.91 Å². The summed E-state index contributed by atoms with van der Waals surface area (Å²) in [4.78, 5) is 25.6. The molecule has 4 nitrogen and oxygen atoms in total. The molecule has 0 spiro atoms. The fraction of sp³-hybridized carbons (Fsp3) is 0.222. The van der Waals surface area contributed by atoms with Gasteiger partial charge in [-0.25, -0.2) is 0 Å². The molecule has 0 radical (unpaired) electrons. The van der Waals surface area contributed by atoms with Gasteiger partial charge >= 0.3 is 0 Å². The summed E-state index contributed by atoms with van der Waals surface area (Å²) in [6.45, 7) is 0.660. The maximum absolute atomic E-state index is 12.2. The summed E-state index contributed by atoms with van der Waals surface area (Å²) < 4.78 is 5.45. The van der Waals surface area contributed by atoms with Crippen LogP contribution in [0.15, 0.2) is 48.5 Å². The quantitative estimate of drug-likeness (QED) is 0.785. The number of ether oxygens (including phenoxy) is 1. The number of hydrogen-bond acceptors (Lipinski definition) is 3. The number of carbonyl (C=O) groups is 2. The second-order valence-corrected chi connectivity index (χ2v) is 5.75. The molecule has 2 aromatic rings. The van der Waals surface area contributed by atoms with E-state index in [0.29, 0.717) is 22.8 Å². The van der Waals surface area contributed by atoms with Gasteiger partial charge in [0.1, 0.15) is 5.75 Å². The highest BCUT2D eigenvalue weighted by Crippen LogP contribution is 2.24. The van der Waals surface area contributed by atoms with Crippen molar-refractivity contribution in [3.05, 3.63) is 59.1 Å². The fourth-order valence-electron chi connectivity index (χ4n) is 2.54. The zero-order valence-electron chi connectivity index (χ0n) is 12.5. The number of ketones is 1. The minimum absolute atomic E-state index is 0.0777. The number of halogens is 1. The maximum atomic E-state index is 12.2. The van der Waals surface area contributed by atoms with Crippen molar-refractivity contribution in [2.24, 2.45) is 0 Å². The van der Waals surface area contributed by atoms with E-state index >= 15 is 0 Å². The minimum atomic E-state index is -0.135. The number of nitrogens with zero attached hydrogens (tertiary/aromatic N) is 1. The standard InChI is InChI=1S/C18H16ClNO3/c19-15-4-1-2-5-17(15)23-12-16(21)13-7-9-14(10-8-13)20-11-3-6-18(20)22/h1-2,4-5,7-10H,3,6,11-12H2. The van der Waals surface area contributed by atoms with Crippen molar-refractivity contribution < 1.29 is 14.3 Å². The Morgan fingerprint density at radius 2 is 1.87 bits per heavy atom. The molecule has 1 heterocycles. The number of amides is 1. The van der Waals surface area contributed by atoms with Crippen LogP contribution in [0.3, 0.4) is 0 Å². The van der Waals surface area contributed by atoms with Gasteiger partial charge in [-0.1, -0.05) is 23.7 Å². The number of para-hydroxylation sites is 1. The summed E-state index contributed by atoms with van der Waals surface area (Å²) in [5, 5.41) is 0.475. The lowest BCUT2D eigenvalue weighted by Crippen LogP contribution is -2.23. The monoisotopic (exact) mass is 329 g/mol. The molecule has 1 aliphatic heterocycles. The van der Waals surface area contributed by atoms with E-state index in [1.165, 1.54) is 0 Å². The first-order chi connectivity index (χ1) is 11.1. The van der Waals surface area contributed by atoms with Crippen LogP contribution in [0.1, 0.15) is 23.2 Å². The third-order valence-electron chi connectivity index (χ3n) is 3.77. The number of Topliss-reactive ketones (excluding diaryl/α,β-unsaturated/α-hetero) is 1. The molecule has 23 heavy (non-hydrogen) atoms. The Morgan fingerprint density at radius 1 is 1.13 bits per heavy atom. The molecular formula is C18H16ClNO3. The van der Waals surface area contributed by atoms with Crippen molar-refractivity contribution in [3.8, 4) is 5.75 Å². The molecule has 0 atom stereocenters. The topological polar surface area (TPSA) is 46.6 Å². The molecule has 0 aliphatic carbocycles. The molecule has 118 valence electrons. The van der Waals surface area contributed by atoms with Gasteiger partial charge in [0, 0.05) is 24.2 Å². The van der Waals surface area contributed by atoms with E-state index in [4.69, 9.17) is 16.3 Å². The Hall–Kier alpha value is -2.33. The van der Waals surface area contributed by atoms with Crippen LogP contribution >= 0.6 is 11.6 Å². The van der Waals surface area contributed by atoms with Crippen LogP contribution in [0.25, 0.3) is 0 Å². The average molecular weight is 330 g/mol. The number of hydrogen-bond donors (Lipinski definition) is 0. The molecule has 1 fully saturated rings. The summed E-state index contributed by atoms with van der Waals surface area (Å²) in [7, 11) is 0. The van der Waals surface area contributed by atoms with Crippen molar-refractivity contribution in [2.45, 2.75) is 12.8 Å². The maximum Gasteiger partial charge on any atom is 0.227 e. The van der Waals surface area contributed by atoms with E-state index < -0.39 is 0 Å². The highest BCUT2D eigenvalue weighted by Gasteiger charge is 2.21. The average Bonchev–Trinajstić information content (AvgIpc) is 3.00. The molecule has 0 aromatic heterocycles. The van der Waals surface area contributed by atoms with Crippen molar-refractivity contribution >= 4 is 29.0 Å². The highest BCUT2D eigenvalue weighted by molar-refractivity contribution is 6.32. The zero-order valence-corrected chi connectivity index (χ0v) is 13.3. The summed E-state index contributed by atoms with van der Waals surface area (Å²) in [6, 6.07) is 14.1. The van der Waals surface area contributed by atoms with E-state index in [2.05, 4.69) is 0 Å². The first-order valence-corrected chi connectivity index (χ1v) is 7.84. The predicted octanol–water partition coefficient (Wildman–Crippen LogP) is 3.73. The smallest absolute Gasteiger partial charge is 0.227 e. The molecule has 5 heteroatoms. The Labute approximate surface area is 139 Å². The minimum Gasteiger partial charge on any atom is -0.484 e. The number of benzene rings is 2. The molecular weight excluding hydrogens is 314 g/mol. The van der Waals surface area contributed by atoms with Gasteiger partial charge < -0.3 is 9.64 Å². The van der Waals surface area contributed by atoms with Crippen molar-refractivity contribution in [3.63, 3.8) is 0 Å². The first kappa shape index (κ1) is 15.6. The van der Waals surface area contributed by atoms with Gasteiger partial charge in [-0.3, -0.25) is 9.59 Å². The van der Waals surface area contributed by atoms with Crippen LogP contribution in [-0.4, -0.2) is 24.8 Å². The van der Waals surface area contributed by atoms with E-state index in [1.807, 2.05) is 0 Å². The molecule has 1 aliphatic rings. The first-order valence-electron chi connectivity index (χ1n) is 7.46. The molecule has 1 amide bonds. The van der Waals surface area contributed by atoms with Gasteiger partial charge in [-0.2, -0.15) is 0 Å². The molecule has 0 unspecified atom stereocenters. The van der Waals surface area contributed by atoms with Crippen molar-refractivity contribution in [1.82, 2.24) is 0 Å². The van der Waals surface area contributed by atoms with Crippen LogP contribution in [0.2, 0.25) is 5.02 Å². The number of anilines is 1. The Kier molecular flexibility index (Phi) is 4.63. The van der Waals surface area contributed by atoms with E-state index in [0.717, 1.165) is 18.7 Å². The molecule has 3 rings (SSSR count). The second kappa shape index (κ2) is 6.84. The lowest BCUT2D eigenvalue weighted by Gasteiger charge is -2.15. The van der Waals surface area contributed by atoms with Crippen molar-refractivity contribution in [1.29, 1.82) is 0 Å². The van der Waals surface area contributed by atoms with Crippen molar-refractivity contribution in [2.75, 3.05) is 18.1 Å². The number of rotatable bonds is 5. The van der Waals surface area contributed by atoms with E-state index in [-0.39, 0.29) is 18.3 Å². The van der Waals surface area contributed by atoms with Gasteiger partial charge in [0.05, 0.1) is 5.02 Å². The molecule has 1 saturated heterocycles. The predicted molar refractivity (Wildman–Crippen MR) is 89.3 cm³/mol. The fourth-order valence-corrected chi connectivity index (χ4v) is 2.73. The van der Waals surface area contributed by atoms with E-state index in [1.54, 1.807) is 53.4 Å². The van der Waals surface area contributed by atoms with Crippen LogP contribution in [-0.2, 0) is 4.79 Å². The molecule has 0 N–H and O–H groups in total. The van der Waals surface area contributed by atoms with Gasteiger partial charge in [0.15, 0.2) is 12.4 Å². The lowest BCUT2D eigenvalue weighted by molar-refractivity contribution is -0.117. The van der Waals surface area contributed by atoms with Crippen LogP contribution in [0, 0.1) is 0 Å². The van der Waals surface area contributed by atoms with E-state index in [9.17, 15) is 9.59 Å². The van der Waals surface area contributed by atoms with Crippen LogP contribution < -0.4 is 9.64 Å². The number of carbonyl (C=O) groups excluding carboxylic acids is 2.